The highest BCUT2D eigenvalue weighted by atomic mass is 16.5. The second-order valence-corrected chi connectivity index (χ2v) is 4.43. The Kier molecular flexibility index (Phi) is 5.16. The Morgan fingerprint density at radius 3 is 2.61 bits per heavy atom. The third kappa shape index (κ3) is 4.37. The molecule has 0 atom stereocenters. The molecule has 0 unspecified atom stereocenters. The van der Waals surface area contributed by atoms with Gasteiger partial charge < -0.3 is 15.2 Å². The fourth-order valence-electron chi connectivity index (χ4n) is 1.54. The Labute approximate surface area is 108 Å². The minimum atomic E-state index is -0.788. The summed E-state index contributed by atoms with van der Waals surface area (Å²) in [4.78, 5) is 10.9. The average molecular weight is 251 g/mol. The number of amides is 1. The molecule has 0 aliphatic carbocycles. The fourth-order valence-corrected chi connectivity index (χ4v) is 1.54. The zero-order valence-corrected chi connectivity index (χ0v) is 11.2. The number of rotatable bonds is 6. The van der Waals surface area contributed by atoms with Gasteiger partial charge >= 0.3 is 0 Å². The van der Waals surface area contributed by atoms with E-state index in [2.05, 4.69) is 5.32 Å². The van der Waals surface area contributed by atoms with E-state index in [1.807, 2.05) is 13.8 Å². The van der Waals surface area contributed by atoms with Crippen LogP contribution in [-0.2, 0) is 4.79 Å². The summed E-state index contributed by atoms with van der Waals surface area (Å²) in [5.74, 6) is 0.521. The van der Waals surface area contributed by atoms with Gasteiger partial charge in [-0.25, -0.2) is 0 Å². The maximum atomic E-state index is 10.9. The van der Waals surface area contributed by atoms with E-state index in [1.54, 1.807) is 24.3 Å². The number of nitrogens with one attached hydrogen (secondary N) is 1. The molecule has 4 nitrogen and oxygen atoms in total. The molecule has 1 aromatic rings. The number of hydrogen-bond acceptors (Lipinski definition) is 3. The molecule has 0 heterocycles. The normalized spacial score (nSPS) is 11.1. The van der Waals surface area contributed by atoms with Crippen molar-refractivity contribution < 1.29 is 14.6 Å². The zero-order chi connectivity index (χ0) is 13.6. The molecule has 0 aliphatic heterocycles. The lowest BCUT2D eigenvalue weighted by Crippen LogP contribution is -2.34. The van der Waals surface area contributed by atoms with E-state index in [0.717, 1.165) is 0 Å². The number of carbonyl (C=O) groups excluding carboxylic acids is 1. The summed E-state index contributed by atoms with van der Waals surface area (Å²) in [5, 5.41) is 12.8. The van der Waals surface area contributed by atoms with Crippen LogP contribution in [0.3, 0.4) is 0 Å². The quantitative estimate of drug-likeness (QED) is 0.817. The molecule has 0 bridgehead atoms. The molecular formula is C14H21NO3. The summed E-state index contributed by atoms with van der Waals surface area (Å²) in [6.45, 7) is 5.57. The van der Waals surface area contributed by atoms with Gasteiger partial charge in [0.25, 0.3) is 0 Å². The van der Waals surface area contributed by atoms with Crippen molar-refractivity contribution in [2.75, 3.05) is 11.9 Å². The van der Waals surface area contributed by atoms with Crippen molar-refractivity contribution in [3.63, 3.8) is 0 Å². The molecule has 0 saturated heterocycles. The molecule has 0 aliphatic rings. The molecule has 1 amide bonds. The molecule has 2 N–H and O–H groups in total. The lowest BCUT2D eigenvalue weighted by atomic mass is 9.99. The first kappa shape index (κ1) is 14.5. The molecular weight excluding hydrogens is 230 g/mol. The molecule has 0 radical (unpaired) electrons. The first-order valence-corrected chi connectivity index (χ1v) is 6.22. The van der Waals surface area contributed by atoms with Crippen molar-refractivity contribution >= 4 is 11.6 Å². The summed E-state index contributed by atoms with van der Waals surface area (Å²) in [7, 11) is 0. The monoisotopic (exact) mass is 251 g/mol. The summed E-state index contributed by atoms with van der Waals surface area (Å²) in [6, 6.07) is 7.14. The molecule has 18 heavy (non-hydrogen) atoms. The Balaban J connectivity index is 2.65. The van der Waals surface area contributed by atoms with E-state index in [1.165, 1.54) is 6.92 Å². The van der Waals surface area contributed by atoms with Gasteiger partial charge in [-0.1, -0.05) is 19.9 Å². The Morgan fingerprint density at radius 2 is 2.06 bits per heavy atom. The van der Waals surface area contributed by atoms with Crippen molar-refractivity contribution in [2.24, 2.45) is 0 Å². The van der Waals surface area contributed by atoms with Gasteiger partial charge in [-0.05, 0) is 25.0 Å². The molecule has 100 valence electrons. The topological polar surface area (TPSA) is 58.6 Å². The van der Waals surface area contributed by atoms with Crippen molar-refractivity contribution in [1.82, 2.24) is 0 Å². The highest BCUT2D eigenvalue weighted by Gasteiger charge is 2.23. The predicted molar refractivity (Wildman–Crippen MR) is 71.8 cm³/mol. The molecule has 0 spiro atoms. The summed E-state index contributed by atoms with van der Waals surface area (Å²) in [5.41, 5.74) is -0.0965. The number of ether oxygens (including phenoxy) is 1. The Morgan fingerprint density at radius 1 is 1.39 bits per heavy atom. The molecule has 4 heteroatoms. The van der Waals surface area contributed by atoms with Gasteiger partial charge in [-0.3, -0.25) is 4.79 Å². The predicted octanol–water partition coefficient (Wildman–Crippen LogP) is 2.57. The van der Waals surface area contributed by atoms with Crippen LogP contribution in [0.25, 0.3) is 0 Å². The number of carbonyl (C=O) groups is 1. The van der Waals surface area contributed by atoms with Crippen LogP contribution >= 0.6 is 0 Å². The highest BCUT2D eigenvalue weighted by molar-refractivity contribution is 5.88. The lowest BCUT2D eigenvalue weighted by Gasteiger charge is -2.25. The Bertz CT molecular complexity index is 400. The van der Waals surface area contributed by atoms with Crippen LogP contribution in [0, 0.1) is 0 Å². The van der Waals surface area contributed by atoms with E-state index in [9.17, 15) is 9.90 Å². The van der Waals surface area contributed by atoms with Crippen molar-refractivity contribution in [2.45, 2.75) is 39.2 Å². The van der Waals surface area contributed by atoms with Crippen LogP contribution < -0.4 is 10.1 Å². The van der Waals surface area contributed by atoms with Crippen LogP contribution in [0.5, 0.6) is 5.75 Å². The third-order valence-corrected chi connectivity index (χ3v) is 2.98. The van der Waals surface area contributed by atoms with Gasteiger partial charge in [-0.2, -0.15) is 0 Å². The van der Waals surface area contributed by atoms with Gasteiger partial charge in [0.15, 0.2) is 0 Å². The fraction of sp³-hybridized carbons (Fsp3) is 0.500. The molecule has 1 aromatic carbocycles. The van der Waals surface area contributed by atoms with Crippen LogP contribution in [0.4, 0.5) is 5.69 Å². The maximum absolute atomic E-state index is 10.9. The van der Waals surface area contributed by atoms with Gasteiger partial charge in [0.2, 0.25) is 5.91 Å². The van der Waals surface area contributed by atoms with E-state index in [0.29, 0.717) is 24.3 Å². The SMILES string of the molecule is CCC(O)(CC)COc1cccc(NC(C)=O)c1. The second kappa shape index (κ2) is 6.40. The molecule has 0 saturated carbocycles. The van der Waals surface area contributed by atoms with Gasteiger partial charge in [0.05, 0.1) is 5.60 Å². The van der Waals surface area contributed by atoms with Crippen molar-refractivity contribution in [1.29, 1.82) is 0 Å². The lowest BCUT2D eigenvalue weighted by molar-refractivity contribution is -0.114. The second-order valence-electron chi connectivity index (χ2n) is 4.43. The van der Waals surface area contributed by atoms with Crippen molar-refractivity contribution in [3.05, 3.63) is 24.3 Å². The van der Waals surface area contributed by atoms with Gasteiger partial charge in [0, 0.05) is 18.7 Å². The van der Waals surface area contributed by atoms with Crippen LogP contribution in [0.2, 0.25) is 0 Å². The highest BCUT2D eigenvalue weighted by Crippen LogP contribution is 2.21. The Hall–Kier alpha value is -1.55. The van der Waals surface area contributed by atoms with E-state index in [4.69, 9.17) is 4.74 Å². The average Bonchev–Trinajstić information content (AvgIpc) is 2.36. The van der Waals surface area contributed by atoms with Gasteiger partial charge in [-0.15, -0.1) is 0 Å². The first-order valence-electron chi connectivity index (χ1n) is 6.22. The van der Waals surface area contributed by atoms with E-state index in [-0.39, 0.29) is 12.5 Å². The minimum Gasteiger partial charge on any atom is -0.491 e. The largest absolute Gasteiger partial charge is 0.491 e. The summed E-state index contributed by atoms with van der Waals surface area (Å²) < 4.78 is 5.57. The maximum Gasteiger partial charge on any atom is 0.221 e. The van der Waals surface area contributed by atoms with E-state index >= 15 is 0 Å². The summed E-state index contributed by atoms with van der Waals surface area (Å²) in [6.07, 6.45) is 1.30. The number of benzene rings is 1. The van der Waals surface area contributed by atoms with Crippen LogP contribution in [0.1, 0.15) is 33.6 Å². The third-order valence-electron chi connectivity index (χ3n) is 2.98. The van der Waals surface area contributed by atoms with Gasteiger partial charge in [0.1, 0.15) is 12.4 Å². The van der Waals surface area contributed by atoms with Crippen molar-refractivity contribution in [3.8, 4) is 5.75 Å². The molecule has 0 fully saturated rings. The standard InChI is InChI=1S/C14H21NO3/c1-4-14(17,5-2)10-18-13-8-6-7-12(9-13)15-11(3)16/h6-9,17H,4-5,10H2,1-3H3,(H,15,16). The molecule has 0 aromatic heterocycles. The summed E-state index contributed by atoms with van der Waals surface area (Å²) >= 11 is 0. The first-order chi connectivity index (χ1) is 8.49. The number of hydrogen-bond donors (Lipinski definition) is 2. The molecule has 1 rings (SSSR count). The van der Waals surface area contributed by atoms with Crippen LogP contribution in [0.15, 0.2) is 24.3 Å². The van der Waals surface area contributed by atoms with Crippen LogP contribution in [-0.4, -0.2) is 23.2 Å². The zero-order valence-electron chi connectivity index (χ0n) is 11.2. The number of aliphatic hydroxyl groups is 1. The smallest absolute Gasteiger partial charge is 0.221 e. The minimum absolute atomic E-state index is 0.120. The number of anilines is 1. The van der Waals surface area contributed by atoms with E-state index < -0.39 is 5.60 Å².